The monoisotopic (exact) mass is 282 g/mol. The van der Waals surface area contributed by atoms with Crippen LogP contribution in [0.5, 0.6) is 0 Å². The molecule has 0 heterocycles. The van der Waals surface area contributed by atoms with Gasteiger partial charge in [0.05, 0.1) is 0 Å². The van der Waals surface area contributed by atoms with Crippen molar-refractivity contribution >= 4 is 21.0 Å². The largest absolute Gasteiger partial charge is 0.400 e. The quantitative estimate of drug-likeness (QED) is 0.680. The highest BCUT2D eigenvalue weighted by Crippen LogP contribution is 2.33. The first-order valence-corrected chi connectivity index (χ1v) is 8.70. The summed E-state index contributed by atoms with van der Waals surface area (Å²) in [6.07, 6.45) is 1.08. The summed E-state index contributed by atoms with van der Waals surface area (Å²) in [7, 11) is 1.79. The molecule has 0 saturated heterocycles. The third kappa shape index (κ3) is 3.98. The summed E-state index contributed by atoms with van der Waals surface area (Å²) < 4.78 is 11.2. The van der Waals surface area contributed by atoms with Gasteiger partial charge < -0.3 is 8.85 Å². The van der Waals surface area contributed by atoms with E-state index in [4.69, 9.17) is 8.85 Å². The third-order valence-corrected chi connectivity index (χ3v) is 6.83. The van der Waals surface area contributed by atoms with Gasteiger partial charge in [-0.1, -0.05) is 43.8 Å². The fourth-order valence-corrected chi connectivity index (χ4v) is 5.53. The van der Waals surface area contributed by atoms with Gasteiger partial charge in [0.1, 0.15) is 0 Å². The van der Waals surface area contributed by atoms with Gasteiger partial charge in [0, 0.05) is 25.0 Å². The lowest BCUT2D eigenvalue weighted by atomic mass is 10.1. The molecule has 0 aliphatic rings. The lowest BCUT2D eigenvalue weighted by Crippen LogP contribution is -2.35. The fourth-order valence-electron chi connectivity index (χ4n) is 2.17. The Hall–Kier alpha value is -0.553. The molecule has 0 fully saturated rings. The Kier molecular flexibility index (Phi) is 7.35. The highest BCUT2D eigenvalue weighted by molar-refractivity contribution is 8.02. The predicted octanol–water partition coefficient (Wildman–Crippen LogP) is 3.48. The predicted molar refractivity (Wildman–Crippen MR) is 82.2 cm³/mol. The van der Waals surface area contributed by atoms with Crippen LogP contribution >= 0.6 is 11.8 Å². The van der Waals surface area contributed by atoms with Gasteiger partial charge in [-0.05, 0) is 17.4 Å². The van der Waals surface area contributed by atoms with Gasteiger partial charge in [0.15, 0.2) is 0 Å². The van der Waals surface area contributed by atoms with Gasteiger partial charge >= 0.3 is 9.28 Å². The van der Waals surface area contributed by atoms with Crippen LogP contribution in [0.2, 0.25) is 0 Å². The lowest BCUT2D eigenvalue weighted by molar-refractivity contribution is 0.265. The Balaban J connectivity index is 3.04. The van der Waals surface area contributed by atoms with Gasteiger partial charge in [0.2, 0.25) is 0 Å². The van der Waals surface area contributed by atoms with Gasteiger partial charge in [-0.2, -0.15) is 0 Å². The minimum absolute atomic E-state index is 0.342. The molecule has 0 bridgehead atoms. The van der Waals surface area contributed by atoms with Crippen LogP contribution in [0.3, 0.4) is 0 Å². The Bertz CT molecular complexity index is 341. The molecule has 2 unspecified atom stereocenters. The first-order valence-electron chi connectivity index (χ1n) is 6.15. The minimum atomic E-state index is -1.71. The summed E-state index contributed by atoms with van der Waals surface area (Å²) in [6.45, 7) is 6.03. The van der Waals surface area contributed by atoms with E-state index in [2.05, 4.69) is 37.8 Å². The standard InChI is InChI=1S/C14H22O2SSi/c1-5-13(17-6-2)14(18(15-3)16-4)12-10-8-7-9-11-12/h6-11,13-14,18H,2,5H2,1,3-4H3. The van der Waals surface area contributed by atoms with Crippen molar-refractivity contribution in [3.63, 3.8) is 0 Å². The van der Waals surface area contributed by atoms with Gasteiger partial charge in [-0.3, -0.25) is 0 Å². The van der Waals surface area contributed by atoms with Crippen molar-refractivity contribution in [2.24, 2.45) is 0 Å². The van der Waals surface area contributed by atoms with E-state index in [-0.39, 0.29) is 0 Å². The summed E-state index contributed by atoms with van der Waals surface area (Å²) in [5, 5.41) is 2.38. The van der Waals surface area contributed by atoms with E-state index in [9.17, 15) is 0 Å². The third-order valence-electron chi connectivity index (χ3n) is 3.02. The molecule has 0 N–H and O–H groups in total. The van der Waals surface area contributed by atoms with E-state index in [1.165, 1.54) is 5.56 Å². The second-order valence-electron chi connectivity index (χ2n) is 4.03. The highest BCUT2D eigenvalue weighted by Gasteiger charge is 2.32. The van der Waals surface area contributed by atoms with Crippen LogP contribution in [-0.2, 0) is 8.85 Å². The van der Waals surface area contributed by atoms with Crippen LogP contribution in [0.1, 0.15) is 24.4 Å². The Labute approximate surface area is 116 Å². The first kappa shape index (κ1) is 15.5. The van der Waals surface area contributed by atoms with Gasteiger partial charge in [-0.15, -0.1) is 11.8 Å². The van der Waals surface area contributed by atoms with Crippen LogP contribution in [0.15, 0.2) is 42.3 Å². The molecule has 4 heteroatoms. The molecule has 0 aliphatic heterocycles. The van der Waals surface area contributed by atoms with E-state index in [1.807, 2.05) is 11.5 Å². The van der Waals surface area contributed by atoms with E-state index in [0.717, 1.165) is 6.42 Å². The summed E-state index contributed by atoms with van der Waals surface area (Å²) in [5.41, 5.74) is 1.65. The molecule has 0 saturated carbocycles. The summed E-state index contributed by atoms with van der Waals surface area (Å²) in [4.78, 5) is 0. The van der Waals surface area contributed by atoms with Crippen LogP contribution < -0.4 is 0 Å². The lowest BCUT2D eigenvalue weighted by Gasteiger charge is -2.29. The summed E-state index contributed by atoms with van der Waals surface area (Å²) >= 11 is 1.78. The molecule has 0 aliphatic carbocycles. The second kappa shape index (κ2) is 8.53. The van der Waals surface area contributed by atoms with Crippen molar-refractivity contribution < 1.29 is 8.85 Å². The zero-order valence-corrected chi connectivity index (χ0v) is 13.3. The summed E-state index contributed by atoms with van der Waals surface area (Å²) in [5.74, 6) is 0. The average Bonchev–Trinajstić information content (AvgIpc) is 2.43. The smallest absolute Gasteiger partial charge is 0.329 e. The zero-order chi connectivity index (χ0) is 13.4. The molecule has 100 valence electrons. The van der Waals surface area contributed by atoms with E-state index in [1.54, 1.807) is 26.0 Å². The average molecular weight is 282 g/mol. The second-order valence-corrected chi connectivity index (χ2v) is 7.63. The topological polar surface area (TPSA) is 18.5 Å². The van der Waals surface area contributed by atoms with Crippen LogP contribution in [0, 0.1) is 0 Å². The molecule has 18 heavy (non-hydrogen) atoms. The molecular formula is C14H22O2SSi. The molecule has 0 radical (unpaired) electrons. The molecule has 1 aromatic carbocycles. The van der Waals surface area contributed by atoms with Crippen molar-refractivity contribution in [2.75, 3.05) is 14.2 Å². The van der Waals surface area contributed by atoms with Crippen LogP contribution in [0.25, 0.3) is 0 Å². The number of hydrogen-bond donors (Lipinski definition) is 0. The minimum Gasteiger partial charge on any atom is -0.400 e. The molecule has 1 rings (SSSR count). The maximum absolute atomic E-state index is 5.61. The molecule has 0 spiro atoms. The Morgan fingerprint density at radius 3 is 2.33 bits per heavy atom. The van der Waals surface area contributed by atoms with Gasteiger partial charge in [-0.25, -0.2) is 0 Å². The van der Waals surface area contributed by atoms with Crippen molar-refractivity contribution in [2.45, 2.75) is 24.1 Å². The summed E-state index contributed by atoms with van der Waals surface area (Å²) in [6, 6.07) is 10.5. The molecule has 2 nitrogen and oxygen atoms in total. The number of rotatable bonds is 8. The molecule has 0 aromatic heterocycles. The van der Waals surface area contributed by atoms with E-state index >= 15 is 0 Å². The van der Waals surface area contributed by atoms with Gasteiger partial charge in [0.25, 0.3) is 0 Å². The normalized spacial score (nSPS) is 14.4. The number of thioether (sulfide) groups is 1. The van der Waals surface area contributed by atoms with Crippen molar-refractivity contribution in [1.82, 2.24) is 0 Å². The van der Waals surface area contributed by atoms with Crippen LogP contribution in [-0.4, -0.2) is 28.8 Å². The Morgan fingerprint density at radius 1 is 1.28 bits per heavy atom. The first-order chi connectivity index (χ1) is 8.78. The number of hydrogen-bond acceptors (Lipinski definition) is 3. The van der Waals surface area contributed by atoms with Crippen molar-refractivity contribution in [1.29, 1.82) is 0 Å². The number of benzene rings is 1. The van der Waals surface area contributed by atoms with Crippen molar-refractivity contribution in [3.05, 3.63) is 47.9 Å². The highest BCUT2D eigenvalue weighted by atomic mass is 32.2. The van der Waals surface area contributed by atoms with Crippen LogP contribution in [0.4, 0.5) is 0 Å². The zero-order valence-electron chi connectivity index (χ0n) is 11.3. The maximum atomic E-state index is 5.61. The molecule has 2 atom stereocenters. The Morgan fingerprint density at radius 2 is 1.89 bits per heavy atom. The van der Waals surface area contributed by atoms with E-state index < -0.39 is 9.28 Å². The SMILES string of the molecule is C=CSC(CC)C(c1ccccc1)[SiH](OC)OC. The van der Waals surface area contributed by atoms with E-state index in [0.29, 0.717) is 10.8 Å². The molecule has 0 amide bonds. The molecule has 1 aromatic rings. The van der Waals surface area contributed by atoms with Crippen molar-refractivity contribution in [3.8, 4) is 0 Å². The molecular weight excluding hydrogens is 260 g/mol. The maximum Gasteiger partial charge on any atom is 0.329 e. The fraction of sp³-hybridized carbons (Fsp3) is 0.429.